The molecule has 2 N–H and O–H groups in total. The van der Waals surface area contributed by atoms with Crippen molar-refractivity contribution in [2.45, 2.75) is 36.4 Å². The predicted molar refractivity (Wildman–Crippen MR) is 104 cm³/mol. The minimum atomic E-state index is 0.493. The molecule has 9 heteroatoms. The third kappa shape index (κ3) is 5.23. The zero-order chi connectivity index (χ0) is 17.5. The highest BCUT2D eigenvalue weighted by atomic mass is 32.2. The molecule has 0 bridgehead atoms. The summed E-state index contributed by atoms with van der Waals surface area (Å²) in [6.07, 6.45) is 7.10. The van der Waals surface area contributed by atoms with E-state index >= 15 is 0 Å². The summed E-state index contributed by atoms with van der Waals surface area (Å²) in [4.78, 5) is 20.0. The Kier molecular flexibility index (Phi) is 6.35. The second kappa shape index (κ2) is 8.91. The zero-order valence-corrected chi connectivity index (χ0v) is 15.7. The Morgan fingerprint density at radius 1 is 1.20 bits per heavy atom. The number of nitrogens with one attached hydrogen (secondary N) is 2. The molecule has 0 radical (unpaired) electrons. The average Bonchev–Trinajstić information content (AvgIpc) is 2.63. The van der Waals surface area contributed by atoms with Gasteiger partial charge in [0, 0.05) is 38.1 Å². The van der Waals surface area contributed by atoms with Crippen molar-refractivity contribution < 1.29 is 0 Å². The van der Waals surface area contributed by atoms with Gasteiger partial charge in [-0.3, -0.25) is 0 Å². The van der Waals surface area contributed by atoms with Crippen molar-refractivity contribution in [3.05, 3.63) is 24.5 Å². The Hall–Kier alpha value is -2.00. The first-order chi connectivity index (χ1) is 12.2. The van der Waals surface area contributed by atoms with Gasteiger partial charge in [-0.2, -0.15) is 4.98 Å². The van der Waals surface area contributed by atoms with Gasteiger partial charge in [-0.1, -0.05) is 0 Å². The van der Waals surface area contributed by atoms with Gasteiger partial charge in [-0.05, 0) is 56.2 Å². The third-order valence-corrected chi connectivity index (χ3v) is 4.73. The van der Waals surface area contributed by atoms with Gasteiger partial charge < -0.3 is 15.5 Å². The topological polar surface area (TPSA) is 78.9 Å². The second-order valence-corrected chi connectivity index (χ2v) is 6.95. The third-order valence-electron chi connectivity index (χ3n) is 3.67. The first kappa shape index (κ1) is 17.8. The fraction of sp³-hybridized carbons (Fsp3) is 0.438. The highest BCUT2D eigenvalue weighted by Crippen LogP contribution is 2.28. The molecule has 0 spiro atoms. The lowest BCUT2D eigenvalue weighted by Crippen LogP contribution is -2.32. The molecule has 25 heavy (non-hydrogen) atoms. The van der Waals surface area contributed by atoms with Crippen LogP contribution in [-0.2, 0) is 0 Å². The molecule has 0 atom stereocenters. The fourth-order valence-corrected chi connectivity index (χ4v) is 3.49. The van der Waals surface area contributed by atoms with Crippen LogP contribution in [0.4, 0.5) is 11.8 Å². The van der Waals surface area contributed by atoms with E-state index in [2.05, 4.69) is 35.5 Å². The van der Waals surface area contributed by atoms with Crippen molar-refractivity contribution in [3.63, 3.8) is 0 Å². The van der Waals surface area contributed by atoms with Gasteiger partial charge in [0.25, 0.3) is 0 Å². The Morgan fingerprint density at radius 3 is 2.68 bits per heavy atom. The predicted octanol–water partition coefficient (Wildman–Crippen LogP) is 2.71. The average molecular weight is 376 g/mol. The smallest absolute Gasteiger partial charge is 0.232 e. The summed E-state index contributed by atoms with van der Waals surface area (Å²) in [7, 11) is 0. The molecule has 1 aliphatic heterocycles. The van der Waals surface area contributed by atoms with E-state index in [4.69, 9.17) is 12.2 Å². The van der Waals surface area contributed by atoms with Crippen molar-refractivity contribution in [2.75, 3.05) is 29.9 Å². The minimum absolute atomic E-state index is 0.493. The molecule has 2 aromatic heterocycles. The maximum Gasteiger partial charge on any atom is 0.232 e. The Labute approximate surface area is 157 Å². The molecule has 3 heterocycles. The Balaban J connectivity index is 1.85. The summed E-state index contributed by atoms with van der Waals surface area (Å²) in [5.41, 5.74) is 0. The summed E-state index contributed by atoms with van der Waals surface area (Å²) < 4.78 is 0. The van der Waals surface area contributed by atoms with E-state index in [0.717, 1.165) is 30.5 Å². The minimum Gasteiger partial charge on any atom is -0.363 e. The number of hydrogen-bond donors (Lipinski definition) is 2. The van der Waals surface area contributed by atoms with E-state index < -0.39 is 0 Å². The van der Waals surface area contributed by atoms with Crippen LogP contribution in [0, 0.1) is 0 Å². The van der Waals surface area contributed by atoms with E-state index in [-0.39, 0.29) is 0 Å². The molecule has 1 aliphatic rings. The summed E-state index contributed by atoms with van der Waals surface area (Å²) >= 11 is 6.68. The van der Waals surface area contributed by atoms with Gasteiger partial charge in [0.15, 0.2) is 10.3 Å². The summed E-state index contributed by atoms with van der Waals surface area (Å²) in [6, 6.07) is 3.79. The molecule has 0 aromatic carbocycles. The van der Waals surface area contributed by atoms with Crippen molar-refractivity contribution in [3.8, 4) is 0 Å². The van der Waals surface area contributed by atoms with Crippen LogP contribution in [0.15, 0.2) is 34.7 Å². The van der Waals surface area contributed by atoms with Crippen LogP contribution in [0.25, 0.3) is 0 Å². The SMILES string of the molecule is CCNC(=S)Nc1nc(Sc2ncccn2)cc(N2CCCCC2)n1. The van der Waals surface area contributed by atoms with Crippen LogP contribution >= 0.6 is 24.0 Å². The molecular weight excluding hydrogens is 354 g/mol. The molecule has 132 valence electrons. The maximum absolute atomic E-state index is 5.26. The molecule has 1 fully saturated rings. The number of thiocarbonyl (C=S) groups is 1. The second-order valence-electron chi connectivity index (χ2n) is 5.55. The van der Waals surface area contributed by atoms with E-state index in [1.165, 1.54) is 31.0 Å². The molecule has 3 rings (SSSR count). The van der Waals surface area contributed by atoms with Gasteiger partial charge in [-0.15, -0.1) is 0 Å². The van der Waals surface area contributed by atoms with Crippen LogP contribution in [0.3, 0.4) is 0 Å². The normalized spacial score (nSPS) is 14.2. The Morgan fingerprint density at radius 2 is 1.96 bits per heavy atom. The number of anilines is 2. The first-order valence-electron chi connectivity index (χ1n) is 8.38. The van der Waals surface area contributed by atoms with E-state index in [1.807, 2.05) is 13.0 Å². The lowest BCUT2D eigenvalue weighted by molar-refractivity contribution is 0.572. The van der Waals surface area contributed by atoms with Gasteiger partial charge >= 0.3 is 0 Å². The lowest BCUT2D eigenvalue weighted by Gasteiger charge is -2.28. The monoisotopic (exact) mass is 375 g/mol. The number of rotatable bonds is 5. The van der Waals surface area contributed by atoms with Crippen LogP contribution < -0.4 is 15.5 Å². The van der Waals surface area contributed by atoms with Crippen LogP contribution in [0.1, 0.15) is 26.2 Å². The Bertz CT molecular complexity index is 705. The van der Waals surface area contributed by atoms with Gasteiger partial charge in [0.2, 0.25) is 5.95 Å². The first-order valence-corrected chi connectivity index (χ1v) is 9.61. The standard InChI is InChI=1S/C16H21N7S2/c1-2-17-15(24)22-14-20-12(23-9-4-3-5-10-23)11-13(21-14)25-16-18-7-6-8-19-16/h6-8,11H,2-5,9-10H2,1H3,(H2,17,20,21,22,24). The largest absolute Gasteiger partial charge is 0.363 e. The summed E-state index contributed by atoms with van der Waals surface area (Å²) in [5.74, 6) is 1.40. The number of piperidine rings is 1. The summed E-state index contributed by atoms with van der Waals surface area (Å²) in [5, 5.41) is 8.10. The van der Waals surface area contributed by atoms with Gasteiger partial charge in [0.1, 0.15) is 10.8 Å². The number of hydrogen-bond acceptors (Lipinski definition) is 7. The highest BCUT2D eigenvalue weighted by molar-refractivity contribution is 7.99. The highest BCUT2D eigenvalue weighted by Gasteiger charge is 2.16. The zero-order valence-electron chi connectivity index (χ0n) is 14.1. The molecule has 0 saturated carbocycles. The maximum atomic E-state index is 5.26. The van der Waals surface area contributed by atoms with Crippen LogP contribution in [0.2, 0.25) is 0 Å². The fourth-order valence-electron chi connectivity index (χ4n) is 2.54. The number of nitrogens with zero attached hydrogens (tertiary/aromatic N) is 5. The van der Waals surface area contributed by atoms with E-state index in [0.29, 0.717) is 16.2 Å². The number of aromatic nitrogens is 4. The quantitative estimate of drug-likeness (QED) is 0.466. The van der Waals surface area contributed by atoms with Crippen molar-refractivity contribution in [2.24, 2.45) is 0 Å². The molecule has 7 nitrogen and oxygen atoms in total. The molecule has 2 aromatic rings. The van der Waals surface area contributed by atoms with Gasteiger partial charge in [0.05, 0.1) is 0 Å². The lowest BCUT2D eigenvalue weighted by atomic mass is 10.1. The van der Waals surface area contributed by atoms with Crippen LogP contribution in [0.5, 0.6) is 0 Å². The molecule has 1 saturated heterocycles. The van der Waals surface area contributed by atoms with Gasteiger partial charge in [-0.25, -0.2) is 15.0 Å². The summed E-state index contributed by atoms with van der Waals surface area (Å²) in [6.45, 7) is 4.77. The van der Waals surface area contributed by atoms with Crippen LogP contribution in [-0.4, -0.2) is 44.7 Å². The van der Waals surface area contributed by atoms with E-state index in [9.17, 15) is 0 Å². The molecule has 0 unspecified atom stereocenters. The van der Waals surface area contributed by atoms with Crippen molar-refractivity contribution >= 4 is 40.9 Å². The van der Waals surface area contributed by atoms with Crippen molar-refractivity contribution in [1.82, 2.24) is 25.3 Å². The van der Waals surface area contributed by atoms with E-state index in [1.54, 1.807) is 18.5 Å². The molecular formula is C16H21N7S2. The van der Waals surface area contributed by atoms with Crippen molar-refractivity contribution in [1.29, 1.82) is 0 Å². The molecule has 0 amide bonds. The molecule has 0 aliphatic carbocycles.